The summed E-state index contributed by atoms with van der Waals surface area (Å²) in [5.41, 5.74) is 1.96. The Morgan fingerprint density at radius 3 is 2.19 bits per heavy atom. The summed E-state index contributed by atoms with van der Waals surface area (Å²) in [4.78, 5) is 34.9. The molecule has 0 N–H and O–H groups in total. The minimum Gasteiger partial charge on any atom is -0.497 e. The number of likely N-dealkylation sites (N-methyl/N-ethyl adjacent to an activating group) is 1. The van der Waals surface area contributed by atoms with E-state index in [1.807, 2.05) is 41.1 Å². The van der Waals surface area contributed by atoms with Crippen LogP contribution < -0.4 is 4.74 Å². The van der Waals surface area contributed by atoms with Gasteiger partial charge in [-0.3, -0.25) is 9.69 Å². The zero-order valence-corrected chi connectivity index (χ0v) is 23.1. The van der Waals surface area contributed by atoms with Crippen LogP contribution in [0.15, 0.2) is 54.6 Å². The maximum absolute atomic E-state index is 13.8. The summed E-state index contributed by atoms with van der Waals surface area (Å²) in [5.74, 6) is 0.806. The number of carbonyl (C=O) groups is 2. The molecule has 1 spiro atoms. The summed E-state index contributed by atoms with van der Waals surface area (Å²) in [7, 11) is 7.80. The fourth-order valence-corrected chi connectivity index (χ4v) is 6.21. The molecule has 0 aromatic heterocycles. The van der Waals surface area contributed by atoms with Gasteiger partial charge in [0, 0.05) is 32.2 Å². The third-order valence-corrected chi connectivity index (χ3v) is 8.54. The van der Waals surface area contributed by atoms with E-state index in [-0.39, 0.29) is 29.6 Å². The number of nitrogens with zero attached hydrogens (tertiary/aromatic N) is 4. The molecule has 200 valence electrons. The van der Waals surface area contributed by atoms with Crippen molar-refractivity contribution < 1.29 is 14.3 Å². The van der Waals surface area contributed by atoms with E-state index >= 15 is 0 Å². The molecule has 37 heavy (non-hydrogen) atoms. The maximum atomic E-state index is 13.8. The molecule has 7 heteroatoms. The number of amides is 3. The van der Waals surface area contributed by atoms with Crippen molar-refractivity contribution in [1.82, 2.24) is 19.6 Å². The Morgan fingerprint density at radius 2 is 1.62 bits per heavy atom. The first kappa shape index (κ1) is 27.0. The lowest BCUT2D eigenvalue weighted by atomic mass is 9.68. The Labute approximate surface area is 222 Å². The van der Waals surface area contributed by atoms with E-state index in [4.69, 9.17) is 4.74 Å². The number of ether oxygens (including phenoxy) is 1. The van der Waals surface area contributed by atoms with Crippen LogP contribution in [-0.2, 0) is 16.9 Å². The lowest BCUT2D eigenvalue weighted by Crippen LogP contribution is -2.57. The van der Waals surface area contributed by atoms with Crippen molar-refractivity contribution in [2.24, 2.45) is 0 Å². The average Bonchev–Trinajstić information content (AvgIpc) is 3.15. The Balaban J connectivity index is 1.60. The van der Waals surface area contributed by atoms with Gasteiger partial charge in [-0.2, -0.15) is 0 Å². The standard InChI is InChI=1S/C30H42N4O3/c1-6-20-32(4)27(35)22-34-28(36)33(21-24-12-14-26(37-5)15-13-24)23-29(34)16-18-30(19-17-29,31(2)3)25-10-8-7-9-11-25/h7-15H,6,16-23H2,1-5H3/t29-,30+. The van der Waals surface area contributed by atoms with Crippen LogP contribution in [0.25, 0.3) is 0 Å². The van der Waals surface area contributed by atoms with Gasteiger partial charge in [-0.05, 0) is 69.5 Å². The predicted octanol–water partition coefficient (Wildman–Crippen LogP) is 4.57. The van der Waals surface area contributed by atoms with Crippen LogP contribution in [0, 0.1) is 0 Å². The molecule has 0 unspecified atom stereocenters. The highest BCUT2D eigenvalue weighted by molar-refractivity contribution is 5.86. The summed E-state index contributed by atoms with van der Waals surface area (Å²) in [6, 6.07) is 18.5. The van der Waals surface area contributed by atoms with Gasteiger partial charge in [-0.1, -0.05) is 49.4 Å². The quantitative estimate of drug-likeness (QED) is 0.500. The van der Waals surface area contributed by atoms with E-state index in [0.717, 1.165) is 43.4 Å². The van der Waals surface area contributed by atoms with E-state index in [2.05, 4.69) is 56.3 Å². The fraction of sp³-hybridized carbons (Fsp3) is 0.533. The van der Waals surface area contributed by atoms with Crippen LogP contribution in [0.3, 0.4) is 0 Å². The number of hydrogen-bond acceptors (Lipinski definition) is 4. The molecular formula is C30H42N4O3. The number of carbonyl (C=O) groups excluding carboxylic acids is 2. The van der Waals surface area contributed by atoms with E-state index in [9.17, 15) is 9.59 Å². The van der Waals surface area contributed by atoms with Gasteiger partial charge < -0.3 is 19.4 Å². The average molecular weight is 507 g/mol. The van der Waals surface area contributed by atoms with Gasteiger partial charge in [0.25, 0.3) is 0 Å². The van der Waals surface area contributed by atoms with Crippen LogP contribution in [-0.4, -0.2) is 85.0 Å². The summed E-state index contributed by atoms with van der Waals surface area (Å²) in [6.45, 7) is 4.06. The molecule has 1 aliphatic carbocycles. The number of benzene rings is 2. The third-order valence-electron chi connectivity index (χ3n) is 8.54. The molecule has 3 amide bonds. The molecule has 0 atom stereocenters. The fourth-order valence-electron chi connectivity index (χ4n) is 6.21. The third kappa shape index (κ3) is 5.33. The molecule has 1 aliphatic heterocycles. The molecule has 7 nitrogen and oxygen atoms in total. The molecule has 4 rings (SSSR count). The van der Waals surface area contributed by atoms with Crippen molar-refractivity contribution in [3.8, 4) is 5.75 Å². The summed E-state index contributed by atoms with van der Waals surface area (Å²) in [6.07, 6.45) is 4.48. The number of rotatable bonds is 9. The van der Waals surface area contributed by atoms with Crippen molar-refractivity contribution >= 4 is 11.9 Å². The SMILES string of the molecule is CCCN(C)C(=O)CN1C(=O)N(Cc2ccc(OC)cc2)C[C@]12CC[C@](c1ccccc1)(N(C)C)CC2. The minimum absolute atomic E-state index is 0.00776. The van der Waals surface area contributed by atoms with Crippen molar-refractivity contribution in [2.75, 3.05) is 47.9 Å². The van der Waals surface area contributed by atoms with Gasteiger partial charge in [0.15, 0.2) is 0 Å². The highest BCUT2D eigenvalue weighted by Gasteiger charge is 2.54. The Bertz CT molecular complexity index is 1060. The lowest BCUT2D eigenvalue weighted by molar-refractivity contribution is -0.131. The van der Waals surface area contributed by atoms with Gasteiger partial charge in [-0.15, -0.1) is 0 Å². The van der Waals surface area contributed by atoms with E-state index in [1.54, 1.807) is 12.0 Å². The molecule has 0 radical (unpaired) electrons. The van der Waals surface area contributed by atoms with Crippen LogP contribution >= 0.6 is 0 Å². The lowest BCUT2D eigenvalue weighted by Gasteiger charge is -2.51. The topological polar surface area (TPSA) is 56.3 Å². The summed E-state index contributed by atoms with van der Waals surface area (Å²) in [5, 5.41) is 0. The van der Waals surface area contributed by atoms with Crippen LogP contribution in [0.1, 0.15) is 50.2 Å². The Kier molecular flexibility index (Phi) is 8.12. The molecule has 1 saturated carbocycles. The van der Waals surface area contributed by atoms with E-state index in [1.165, 1.54) is 5.56 Å². The molecule has 2 aromatic rings. The van der Waals surface area contributed by atoms with Gasteiger partial charge in [-0.25, -0.2) is 4.79 Å². The predicted molar refractivity (Wildman–Crippen MR) is 146 cm³/mol. The van der Waals surface area contributed by atoms with Crippen LogP contribution in [0.4, 0.5) is 4.79 Å². The molecule has 1 heterocycles. The first-order valence-electron chi connectivity index (χ1n) is 13.4. The smallest absolute Gasteiger partial charge is 0.321 e. The second-order valence-electron chi connectivity index (χ2n) is 10.9. The highest BCUT2D eigenvalue weighted by atomic mass is 16.5. The van der Waals surface area contributed by atoms with E-state index < -0.39 is 0 Å². The van der Waals surface area contributed by atoms with Gasteiger partial charge in [0.1, 0.15) is 12.3 Å². The maximum Gasteiger partial charge on any atom is 0.321 e. The molecule has 2 aliphatic rings. The summed E-state index contributed by atoms with van der Waals surface area (Å²) >= 11 is 0. The van der Waals surface area contributed by atoms with Crippen LogP contribution in [0.2, 0.25) is 0 Å². The molecule has 2 fully saturated rings. The molecular weight excluding hydrogens is 464 g/mol. The molecule has 2 aromatic carbocycles. The normalized spacial score (nSPS) is 23.7. The zero-order valence-electron chi connectivity index (χ0n) is 23.1. The van der Waals surface area contributed by atoms with Crippen molar-refractivity contribution in [3.63, 3.8) is 0 Å². The first-order valence-corrected chi connectivity index (χ1v) is 13.4. The van der Waals surface area contributed by atoms with E-state index in [0.29, 0.717) is 19.6 Å². The number of methoxy groups -OCH3 is 1. The Hall–Kier alpha value is -3.06. The highest BCUT2D eigenvalue weighted by Crippen LogP contribution is 2.49. The van der Waals surface area contributed by atoms with Crippen LogP contribution in [0.5, 0.6) is 5.75 Å². The molecule has 1 saturated heterocycles. The number of hydrogen-bond donors (Lipinski definition) is 0. The largest absolute Gasteiger partial charge is 0.497 e. The van der Waals surface area contributed by atoms with Gasteiger partial charge in [0.2, 0.25) is 5.91 Å². The van der Waals surface area contributed by atoms with Gasteiger partial charge >= 0.3 is 6.03 Å². The second kappa shape index (κ2) is 11.1. The summed E-state index contributed by atoms with van der Waals surface area (Å²) < 4.78 is 5.29. The first-order chi connectivity index (χ1) is 17.7. The minimum atomic E-state index is -0.347. The van der Waals surface area contributed by atoms with Gasteiger partial charge in [0.05, 0.1) is 12.6 Å². The van der Waals surface area contributed by atoms with Crippen molar-refractivity contribution in [2.45, 2.75) is 56.7 Å². The van der Waals surface area contributed by atoms with Crippen molar-refractivity contribution in [3.05, 3.63) is 65.7 Å². The second-order valence-corrected chi connectivity index (χ2v) is 10.9. The Morgan fingerprint density at radius 1 is 0.973 bits per heavy atom. The monoisotopic (exact) mass is 506 g/mol. The van der Waals surface area contributed by atoms with Crippen molar-refractivity contribution in [1.29, 1.82) is 0 Å². The molecule has 0 bridgehead atoms. The number of urea groups is 1. The zero-order chi connectivity index (χ0) is 26.6.